The molecule has 0 unspecified atom stereocenters. The molecule has 0 amide bonds. The maximum absolute atomic E-state index is 3.81. The molecular weight excluding hydrogens is 388 g/mol. The van der Waals surface area contributed by atoms with Crippen LogP contribution in [0.15, 0.2) is 109 Å². The number of para-hydroxylation sites is 1. The summed E-state index contributed by atoms with van der Waals surface area (Å²) >= 11 is 0. The van der Waals surface area contributed by atoms with E-state index in [1.165, 1.54) is 49.8 Å². The van der Waals surface area contributed by atoms with E-state index in [0.717, 1.165) is 5.52 Å². The highest BCUT2D eigenvalue weighted by Gasteiger charge is 2.25. The summed E-state index contributed by atoms with van der Waals surface area (Å²) in [6.45, 7) is 2.14. The fourth-order valence-corrected chi connectivity index (χ4v) is 4.93. The average Bonchev–Trinajstić information content (AvgIpc) is 3.41. The van der Waals surface area contributed by atoms with Gasteiger partial charge in [-0.2, -0.15) is 0 Å². The number of aromatic amines is 2. The fourth-order valence-electron chi connectivity index (χ4n) is 4.93. The van der Waals surface area contributed by atoms with E-state index in [1.54, 1.807) is 0 Å². The Bertz CT molecular complexity index is 1480. The second-order valence-electron chi connectivity index (χ2n) is 8.47. The molecule has 0 bridgehead atoms. The maximum Gasteiger partial charge on any atom is 0.0497 e. The Hall–Kier alpha value is -4.04. The van der Waals surface area contributed by atoms with Gasteiger partial charge in [0.1, 0.15) is 0 Å². The topological polar surface area (TPSA) is 31.6 Å². The molecule has 2 aromatic heterocycles. The Morgan fingerprint density at radius 3 is 2.00 bits per heavy atom. The summed E-state index contributed by atoms with van der Waals surface area (Å²) in [5.74, 6) is 0.107. The van der Waals surface area contributed by atoms with Crippen molar-refractivity contribution in [3.63, 3.8) is 0 Å². The smallest absolute Gasteiger partial charge is 0.0497 e. The summed E-state index contributed by atoms with van der Waals surface area (Å²) in [6, 6.07) is 36.9. The van der Waals surface area contributed by atoms with Gasteiger partial charge in [0.05, 0.1) is 0 Å². The Balaban J connectivity index is 1.69. The molecule has 0 aliphatic carbocycles. The average molecular weight is 413 g/mol. The number of hydrogen-bond acceptors (Lipinski definition) is 0. The van der Waals surface area contributed by atoms with Crippen molar-refractivity contribution in [2.45, 2.75) is 12.8 Å². The Morgan fingerprint density at radius 1 is 0.625 bits per heavy atom. The molecule has 0 radical (unpaired) electrons. The molecule has 0 aliphatic rings. The van der Waals surface area contributed by atoms with Gasteiger partial charge in [-0.3, -0.25) is 0 Å². The first-order valence-electron chi connectivity index (χ1n) is 11.1. The molecule has 6 aromatic rings. The van der Waals surface area contributed by atoms with Gasteiger partial charge in [-0.15, -0.1) is 0 Å². The predicted octanol–water partition coefficient (Wildman–Crippen LogP) is 7.80. The van der Waals surface area contributed by atoms with Gasteiger partial charge >= 0.3 is 0 Å². The second kappa shape index (κ2) is 7.58. The van der Waals surface area contributed by atoms with E-state index in [-0.39, 0.29) is 5.92 Å². The van der Waals surface area contributed by atoms with Crippen LogP contribution >= 0.6 is 0 Å². The first-order chi connectivity index (χ1) is 15.8. The van der Waals surface area contributed by atoms with Crippen molar-refractivity contribution < 1.29 is 0 Å². The second-order valence-corrected chi connectivity index (χ2v) is 8.47. The summed E-state index contributed by atoms with van der Waals surface area (Å²) in [6.07, 6.45) is 2.16. The van der Waals surface area contributed by atoms with Gasteiger partial charge in [-0.25, -0.2) is 0 Å². The summed E-state index contributed by atoms with van der Waals surface area (Å²) in [5.41, 5.74) is 9.90. The lowest BCUT2D eigenvalue weighted by Crippen LogP contribution is -2.05. The predicted molar refractivity (Wildman–Crippen MR) is 134 cm³/mol. The van der Waals surface area contributed by atoms with Crippen molar-refractivity contribution in [2.24, 2.45) is 0 Å². The number of benzene rings is 4. The van der Waals surface area contributed by atoms with Crippen molar-refractivity contribution >= 4 is 21.8 Å². The van der Waals surface area contributed by atoms with E-state index in [0.29, 0.717) is 0 Å². The number of fused-ring (bicyclic) bond motifs is 2. The number of aromatic nitrogens is 2. The molecular formula is C30H24N2. The van der Waals surface area contributed by atoms with Gasteiger partial charge in [0.15, 0.2) is 0 Å². The molecule has 0 atom stereocenters. The Kier molecular flexibility index (Phi) is 4.43. The third kappa shape index (κ3) is 3.04. The van der Waals surface area contributed by atoms with Crippen LogP contribution in [0.25, 0.3) is 32.9 Å². The molecule has 4 aromatic carbocycles. The molecule has 0 fully saturated rings. The third-order valence-corrected chi connectivity index (χ3v) is 6.40. The summed E-state index contributed by atoms with van der Waals surface area (Å²) < 4.78 is 0. The molecule has 2 heteroatoms. The monoisotopic (exact) mass is 412 g/mol. The molecule has 6 rings (SSSR count). The summed E-state index contributed by atoms with van der Waals surface area (Å²) in [4.78, 5) is 7.33. The lowest BCUT2D eigenvalue weighted by molar-refractivity contribution is 0.941. The molecule has 0 spiro atoms. The molecule has 0 aliphatic heterocycles. The lowest BCUT2D eigenvalue weighted by Gasteiger charge is -2.19. The lowest BCUT2D eigenvalue weighted by atomic mass is 9.85. The van der Waals surface area contributed by atoms with Gasteiger partial charge in [0.25, 0.3) is 0 Å². The van der Waals surface area contributed by atoms with E-state index in [9.17, 15) is 0 Å². The van der Waals surface area contributed by atoms with Crippen LogP contribution in [0.4, 0.5) is 0 Å². The minimum absolute atomic E-state index is 0.107. The van der Waals surface area contributed by atoms with Crippen LogP contribution in [0.3, 0.4) is 0 Å². The number of rotatable bonds is 4. The molecule has 2 N–H and O–H groups in total. The largest absolute Gasteiger partial charge is 0.361 e. The van der Waals surface area contributed by atoms with Crippen molar-refractivity contribution in [1.29, 1.82) is 0 Å². The van der Waals surface area contributed by atoms with Gasteiger partial charge in [-0.05, 0) is 35.7 Å². The van der Waals surface area contributed by atoms with Gasteiger partial charge < -0.3 is 9.97 Å². The van der Waals surface area contributed by atoms with Crippen LogP contribution in [0.2, 0.25) is 0 Å². The maximum atomic E-state index is 3.81. The number of nitrogens with one attached hydrogen (secondary N) is 2. The van der Waals surface area contributed by atoms with Crippen LogP contribution in [-0.4, -0.2) is 9.97 Å². The van der Waals surface area contributed by atoms with Crippen LogP contribution in [-0.2, 0) is 0 Å². The van der Waals surface area contributed by atoms with E-state index in [1.807, 2.05) is 0 Å². The Morgan fingerprint density at radius 2 is 1.28 bits per heavy atom. The molecule has 0 saturated carbocycles. The van der Waals surface area contributed by atoms with E-state index < -0.39 is 0 Å². The zero-order valence-electron chi connectivity index (χ0n) is 18.0. The van der Waals surface area contributed by atoms with E-state index >= 15 is 0 Å². The van der Waals surface area contributed by atoms with E-state index in [2.05, 4.69) is 126 Å². The normalized spacial score (nSPS) is 11.6. The molecule has 2 nitrogen and oxygen atoms in total. The third-order valence-electron chi connectivity index (χ3n) is 6.40. The first kappa shape index (κ1) is 18.7. The summed E-state index contributed by atoms with van der Waals surface area (Å²) in [5, 5.41) is 2.50. The molecule has 154 valence electrons. The number of H-pyrrole nitrogens is 2. The molecule has 0 saturated heterocycles. The van der Waals surface area contributed by atoms with Gasteiger partial charge in [0.2, 0.25) is 0 Å². The zero-order valence-corrected chi connectivity index (χ0v) is 18.0. The summed E-state index contributed by atoms with van der Waals surface area (Å²) in [7, 11) is 0. The number of aryl methyl sites for hydroxylation is 1. The Labute approximate surface area is 187 Å². The van der Waals surface area contributed by atoms with Gasteiger partial charge in [0, 0.05) is 50.7 Å². The molecule has 32 heavy (non-hydrogen) atoms. The number of hydrogen-bond donors (Lipinski definition) is 2. The van der Waals surface area contributed by atoms with Crippen molar-refractivity contribution in [1.82, 2.24) is 9.97 Å². The van der Waals surface area contributed by atoms with Crippen molar-refractivity contribution in [3.05, 3.63) is 132 Å². The SMILES string of the molecule is Cc1ccc2c(-c3c(C(c4ccccc4)c4ccccc4)[nH]c4ccccc34)c[nH]c2c1. The van der Waals surface area contributed by atoms with Crippen molar-refractivity contribution in [2.75, 3.05) is 0 Å². The fraction of sp³-hybridized carbons (Fsp3) is 0.0667. The quantitative estimate of drug-likeness (QED) is 0.296. The van der Waals surface area contributed by atoms with Crippen molar-refractivity contribution in [3.8, 4) is 11.1 Å². The first-order valence-corrected chi connectivity index (χ1v) is 11.1. The van der Waals surface area contributed by atoms with Crippen LogP contribution in [0, 0.1) is 6.92 Å². The van der Waals surface area contributed by atoms with E-state index in [4.69, 9.17) is 0 Å². The van der Waals surface area contributed by atoms with Gasteiger partial charge in [-0.1, -0.05) is 91.0 Å². The minimum Gasteiger partial charge on any atom is -0.361 e. The van der Waals surface area contributed by atoms with Crippen LogP contribution in [0.5, 0.6) is 0 Å². The molecule has 2 heterocycles. The zero-order chi connectivity index (χ0) is 21.5. The van der Waals surface area contributed by atoms with Crippen LogP contribution in [0.1, 0.15) is 28.3 Å². The van der Waals surface area contributed by atoms with Crippen LogP contribution < -0.4 is 0 Å². The highest BCUT2D eigenvalue weighted by atomic mass is 14.7. The standard InChI is InChI=1S/C30H24N2/c1-20-16-17-23-25(19-31-27(23)18-20)29-24-14-8-9-15-26(24)32-30(29)28(21-10-4-2-5-11-21)22-12-6-3-7-13-22/h2-19,28,31-32H,1H3. The highest BCUT2D eigenvalue weighted by Crippen LogP contribution is 2.43. The minimum atomic E-state index is 0.107. The highest BCUT2D eigenvalue weighted by molar-refractivity contribution is 6.06.